The summed E-state index contributed by atoms with van der Waals surface area (Å²) in [5.74, 6) is -0.843. The minimum atomic E-state index is -4.72. The van der Waals surface area contributed by atoms with Gasteiger partial charge in [0.25, 0.3) is 0 Å². The second kappa shape index (κ2) is 16.0. The fraction of sp³-hybridized carbons (Fsp3) is 0.536. The molecule has 2 N–H and O–H groups in total. The first-order chi connectivity index (χ1) is 20.9. The van der Waals surface area contributed by atoms with Gasteiger partial charge in [0.15, 0.2) is 0 Å². The van der Waals surface area contributed by atoms with Gasteiger partial charge in [0, 0.05) is 45.2 Å². The molecule has 2 aliphatic heterocycles. The van der Waals surface area contributed by atoms with E-state index < -0.39 is 28.7 Å². The maximum Gasteiger partial charge on any atom is 0.451 e. The van der Waals surface area contributed by atoms with E-state index in [2.05, 4.69) is 26.7 Å². The molecule has 1 aromatic heterocycles. The molecule has 0 unspecified atom stereocenters. The number of halogens is 3. The molecule has 4 rings (SSSR count). The number of piperidine rings is 1. The molecular weight excluding hydrogens is 603 g/mol. The predicted molar refractivity (Wildman–Crippen MR) is 153 cm³/mol. The van der Waals surface area contributed by atoms with E-state index in [0.717, 1.165) is 24.8 Å². The second-order valence-electron chi connectivity index (χ2n) is 10.4. The molecule has 12 nitrogen and oxygen atoms in total. The van der Waals surface area contributed by atoms with Gasteiger partial charge in [-0.25, -0.2) is 9.97 Å². The zero-order chi connectivity index (χ0) is 32.3. The smallest absolute Gasteiger partial charge is 0.356 e. The lowest BCUT2D eigenvalue weighted by Gasteiger charge is -2.41. The Morgan fingerprint density at radius 1 is 1.02 bits per heavy atom. The molecule has 0 radical (unpaired) electrons. The Morgan fingerprint density at radius 3 is 2.20 bits per heavy atom. The first kappa shape index (κ1) is 34.2. The van der Waals surface area contributed by atoms with Crippen molar-refractivity contribution in [2.45, 2.75) is 57.7 Å². The minimum absolute atomic E-state index is 0.0163. The van der Waals surface area contributed by atoms with Gasteiger partial charge >= 0.3 is 16.8 Å². The average Bonchev–Trinajstić information content (AvgIpc) is 2.95. The SMILES string of the molecule is CCNC(=O)CCC1CCN(c2cc(N3CC[C@H]3C(=O)NCCc3ccc(C#N)cc3)nc(C(F)(F)F)n2)CC1.O=S(=O)=O. The van der Waals surface area contributed by atoms with Crippen LogP contribution in [0.3, 0.4) is 0 Å². The van der Waals surface area contributed by atoms with Crippen molar-refractivity contribution < 1.29 is 35.4 Å². The van der Waals surface area contributed by atoms with Crippen LogP contribution in [0.1, 0.15) is 56.0 Å². The molecule has 0 spiro atoms. The standard InChI is InChI=1S/C28H34F3N7O2.O3S/c1-2-33-25(39)8-7-20-10-14-37(15-11-20)23-17-24(36-27(35-23)28(29,30)31)38-16-12-22(38)26(40)34-13-9-19-3-5-21(18-32)6-4-19;1-4(2)3/h3-6,17,20,22H,2,7-16H2,1H3,(H,33,39)(H,34,40);/t22-;/m0./s1. The molecule has 3 heterocycles. The molecule has 16 heteroatoms. The van der Waals surface area contributed by atoms with Crippen molar-refractivity contribution in [2.75, 3.05) is 42.5 Å². The normalized spacial score (nSPS) is 16.6. The number of carbonyl (C=O) groups excluding carboxylic acids is 2. The van der Waals surface area contributed by atoms with Crippen molar-refractivity contribution >= 4 is 34.1 Å². The number of hydrogen-bond donors (Lipinski definition) is 2. The molecule has 0 aliphatic carbocycles. The molecule has 1 aromatic carbocycles. The van der Waals surface area contributed by atoms with Crippen molar-refractivity contribution in [3.05, 3.63) is 47.3 Å². The number of benzene rings is 1. The molecule has 2 aromatic rings. The summed E-state index contributed by atoms with van der Waals surface area (Å²) in [5, 5.41) is 14.6. The molecule has 2 aliphatic rings. The monoisotopic (exact) mass is 637 g/mol. The molecule has 0 bridgehead atoms. The Bertz CT molecular complexity index is 1440. The molecule has 2 saturated heterocycles. The van der Waals surface area contributed by atoms with E-state index in [9.17, 15) is 22.8 Å². The van der Waals surface area contributed by atoms with Crippen LogP contribution in [0.2, 0.25) is 0 Å². The van der Waals surface area contributed by atoms with E-state index in [1.54, 1.807) is 23.1 Å². The van der Waals surface area contributed by atoms with Crippen molar-refractivity contribution in [3.8, 4) is 6.07 Å². The van der Waals surface area contributed by atoms with Gasteiger partial charge in [0.05, 0.1) is 11.6 Å². The van der Waals surface area contributed by atoms with Gasteiger partial charge in [-0.3, -0.25) is 9.59 Å². The third kappa shape index (κ3) is 10.2. The number of carbonyl (C=O) groups is 2. The third-order valence-corrected chi connectivity index (χ3v) is 7.46. The maximum absolute atomic E-state index is 13.7. The summed E-state index contributed by atoms with van der Waals surface area (Å²) in [6, 6.07) is 10.1. The van der Waals surface area contributed by atoms with Crippen LogP contribution in [0.4, 0.5) is 24.8 Å². The largest absolute Gasteiger partial charge is 0.451 e. The summed E-state index contributed by atoms with van der Waals surface area (Å²) in [4.78, 5) is 35.7. The number of nitriles is 1. The highest BCUT2D eigenvalue weighted by Gasteiger charge is 2.40. The van der Waals surface area contributed by atoms with Crippen LogP contribution in [-0.2, 0) is 32.8 Å². The van der Waals surface area contributed by atoms with Crippen LogP contribution in [0.25, 0.3) is 0 Å². The molecule has 0 saturated carbocycles. The van der Waals surface area contributed by atoms with Gasteiger partial charge in [-0.2, -0.15) is 18.4 Å². The van der Waals surface area contributed by atoms with Crippen LogP contribution in [0, 0.1) is 17.2 Å². The first-order valence-corrected chi connectivity index (χ1v) is 15.2. The lowest BCUT2D eigenvalue weighted by molar-refractivity contribution is -0.144. The fourth-order valence-corrected chi connectivity index (χ4v) is 5.06. The molecule has 2 amide bonds. The maximum atomic E-state index is 13.7. The first-order valence-electron chi connectivity index (χ1n) is 14.2. The summed E-state index contributed by atoms with van der Waals surface area (Å²) in [7, 11) is -3.11. The lowest BCUT2D eigenvalue weighted by atomic mass is 9.92. The minimum Gasteiger partial charge on any atom is -0.356 e. The highest BCUT2D eigenvalue weighted by atomic mass is 32.2. The number of amides is 2. The summed E-state index contributed by atoms with van der Waals surface area (Å²) in [5.41, 5.74) is 1.52. The zero-order valence-corrected chi connectivity index (χ0v) is 25.0. The van der Waals surface area contributed by atoms with Crippen LogP contribution in [0.5, 0.6) is 0 Å². The van der Waals surface area contributed by atoms with Crippen molar-refractivity contribution in [3.63, 3.8) is 0 Å². The Morgan fingerprint density at radius 2 is 1.66 bits per heavy atom. The predicted octanol–water partition coefficient (Wildman–Crippen LogP) is 2.43. The Balaban J connectivity index is 0.00000124. The van der Waals surface area contributed by atoms with Gasteiger partial charge in [-0.05, 0) is 62.6 Å². The van der Waals surface area contributed by atoms with E-state index in [-0.39, 0.29) is 23.5 Å². The number of nitrogens with zero attached hydrogens (tertiary/aromatic N) is 5. The van der Waals surface area contributed by atoms with E-state index in [4.69, 9.17) is 17.9 Å². The van der Waals surface area contributed by atoms with Crippen LogP contribution in [0.15, 0.2) is 30.3 Å². The van der Waals surface area contributed by atoms with E-state index in [1.165, 1.54) is 0 Å². The highest BCUT2D eigenvalue weighted by molar-refractivity contribution is 7.59. The Hall–Kier alpha value is -4.26. The second-order valence-corrected chi connectivity index (χ2v) is 10.8. The van der Waals surface area contributed by atoms with Gasteiger partial charge in [-0.15, -0.1) is 12.6 Å². The van der Waals surface area contributed by atoms with Crippen LogP contribution in [-0.4, -0.2) is 73.2 Å². The van der Waals surface area contributed by atoms with Crippen molar-refractivity contribution in [1.82, 2.24) is 20.6 Å². The van der Waals surface area contributed by atoms with E-state index in [1.807, 2.05) is 24.0 Å². The summed E-state index contributed by atoms with van der Waals surface area (Å²) < 4.78 is 66.5. The van der Waals surface area contributed by atoms with Crippen molar-refractivity contribution in [1.29, 1.82) is 5.26 Å². The molecule has 2 fully saturated rings. The number of hydrogen-bond acceptors (Lipinski definition) is 10. The molecule has 238 valence electrons. The van der Waals surface area contributed by atoms with Crippen LogP contribution >= 0.6 is 0 Å². The van der Waals surface area contributed by atoms with Crippen LogP contribution < -0.4 is 20.4 Å². The third-order valence-electron chi connectivity index (χ3n) is 7.46. The summed E-state index contributed by atoms with van der Waals surface area (Å²) in [6.07, 6.45) is -0.931. The molecule has 1 atom stereocenters. The number of rotatable bonds is 10. The number of aromatic nitrogens is 2. The molecular formula is C28H34F3N7O5S. The van der Waals surface area contributed by atoms with Gasteiger partial charge in [0.2, 0.25) is 17.6 Å². The lowest BCUT2D eigenvalue weighted by Crippen LogP contribution is -2.57. The summed E-state index contributed by atoms with van der Waals surface area (Å²) in [6.45, 7) is 4.32. The Labute approximate surface area is 254 Å². The van der Waals surface area contributed by atoms with Gasteiger partial charge < -0.3 is 20.4 Å². The highest BCUT2D eigenvalue weighted by Crippen LogP contribution is 2.34. The fourth-order valence-electron chi connectivity index (χ4n) is 5.06. The number of alkyl halides is 3. The van der Waals surface area contributed by atoms with Gasteiger partial charge in [0.1, 0.15) is 17.7 Å². The quantitative estimate of drug-likeness (QED) is 0.395. The molecule has 44 heavy (non-hydrogen) atoms. The summed E-state index contributed by atoms with van der Waals surface area (Å²) >= 11 is 0. The Kier molecular flexibility index (Phi) is 12.4. The van der Waals surface area contributed by atoms with Gasteiger partial charge in [-0.1, -0.05) is 12.1 Å². The number of nitrogens with one attached hydrogen (secondary N) is 2. The van der Waals surface area contributed by atoms with Crippen molar-refractivity contribution in [2.24, 2.45) is 5.92 Å². The zero-order valence-electron chi connectivity index (χ0n) is 24.1. The topological polar surface area (TPSA) is 165 Å². The number of anilines is 2. The van der Waals surface area contributed by atoms with E-state index >= 15 is 0 Å². The van der Waals surface area contributed by atoms with E-state index in [0.29, 0.717) is 63.5 Å². The average molecular weight is 638 g/mol.